The van der Waals surface area contributed by atoms with Crippen LogP contribution in [0.15, 0.2) is 23.5 Å². The van der Waals surface area contributed by atoms with Crippen LogP contribution in [-0.4, -0.2) is 60.0 Å². The first-order valence-corrected chi connectivity index (χ1v) is 9.73. The molecule has 0 radical (unpaired) electrons. The highest BCUT2D eigenvalue weighted by molar-refractivity contribution is 7.90. The van der Waals surface area contributed by atoms with Crippen molar-refractivity contribution in [2.24, 2.45) is 0 Å². The van der Waals surface area contributed by atoms with Gasteiger partial charge in [-0.2, -0.15) is 5.10 Å². The molecule has 23 heavy (non-hydrogen) atoms. The fourth-order valence-corrected chi connectivity index (χ4v) is 3.68. The monoisotopic (exact) mass is 338 g/mol. The first-order valence-electron chi connectivity index (χ1n) is 7.83. The van der Waals surface area contributed by atoms with Gasteiger partial charge >= 0.3 is 0 Å². The molecular formula is C15H22N4O3S. The molecule has 3 rings (SSSR count). The molecule has 8 heteroatoms. The maximum absolute atomic E-state index is 11.7. The van der Waals surface area contributed by atoms with Gasteiger partial charge in [-0.15, -0.1) is 0 Å². The molecule has 0 saturated carbocycles. The molecule has 2 aromatic rings. The number of likely N-dealkylation sites (tertiary alicyclic amines) is 1. The van der Waals surface area contributed by atoms with E-state index in [1.54, 1.807) is 10.7 Å². The van der Waals surface area contributed by atoms with E-state index in [4.69, 9.17) is 4.74 Å². The molecule has 3 heterocycles. The molecule has 0 bridgehead atoms. The second-order valence-corrected chi connectivity index (χ2v) is 7.93. The summed E-state index contributed by atoms with van der Waals surface area (Å²) in [6.45, 7) is 5.58. The van der Waals surface area contributed by atoms with Crippen LogP contribution in [0.1, 0.15) is 25.3 Å². The number of sulfone groups is 1. The van der Waals surface area contributed by atoms with E-state index in [1.165, 1.54) is 12.5 Å². The normalized spacial score (nSPS) is 17.8. The quantitative estimate of drug-likeness (QED) is 0.813. The summed E-state index contributed by atoms with van der Waals surface area (Å²) in [6, 6.07) is 0. The minimum atomic E-state index is -3.31. The third kappa shape index (κ3) is 3.70. The Balaban J connectivity index is 1.70. The summed E-state index contributed by atoms with van der Waals surface area (Å²) in [5.41, 5.74) is 1.40. The smallest absolute Gasteiger partial charge is 0.180 e. The first-order chi connectivity index (χ1) is 11.0. The molecule has 1 aliphatic heterocycles. The topological polar surface area (TPSA) is 76.8 Å². The van der Waals surface area contributed by atoms with E-state index in [0.29, 0.717) is 11.8 Å². The largest absolute Gasteiger partial charge is 0.378 e. The van der Waals surface area contributed by atoms with E-state index in [0.717, 1.165) is 44.6 Å². The van der Waals surface area contributed by atoms with E-state index in [-0.39, 0.29) is 4.90 Å². The number of hydrogen-bond donors (Lipinski definition) is 0. The van der Waals surface area contributed by atoms with Crippen molar-refractivity contribution in [3.8, 4) is 0 Å². The van der Waals surface area contributed by atoms with Gasteiger partial charge in [-0.3, -0.25) is 4.90 Å². The zero-order valence-electron chi connectivity index (χ0n) is 13.5. The molecule has 0 aliphatic carbocycles. The highest BCUT2D eigenvalue weighted by Crippen LogP contribution is 2.18. The summed E-state index contributed by atoms with van der Waals surface area (Å²) >= 11 is 0. The summed E-state index contributed by atoms with van der Waals surface area (Å²) in [5, 5.41) is 4.11. The van der Waals surface area contributed by atoms with Crippen molar-refractivity contribution >= 4 is 15.5 Å². The van der Waals surface area contributed by atoms with Crippen molar-refractivity contribution < 1.29 is 13.2 Å². The van der Waals surface area contributed by atoms with Crippen LogP contribution in [0.4, 0.5) is 0 Å². The van der Waals surface area contributed by atoms with E-state index < -0.39 is 9.84 Å². The fourth-order valence-electron chi connectivity index (χ4n) is 2.96. The van der Waals surface area contributed by atoms with Gasteiger partial charge in [0.25, 0.3) is 0 Å². The predicted octanol–water partition coefficient (Wildman–Crippen LogP) is 1.13. The Morgan fingerprint density at radius 3 is 2.70 bits per heavy atom. The molecule has 0 unspecified atom stereocenters. The third-order valence-electron chi connectivity index (χ3n) is 4.12. The standard InChI is InChI=1S/C15H22N4O3S/c1-3-22-13-4-6-18(7-5-13)10-12-8-16-15-14(23(2,20)21)9-17-19(15)11-12/h8-9,11,13H,3-7,10H2,1-2H3. The van der Waals surface area contributed by atoms with E-state index >= 15 is 0 Å². The lowest BCUT2D eigenvalue weighted by atomic mass is 10.1. The Morgan fingerprint density at radius 1 is 1.30 bits per heavy atom. The molecule has 1 fully saturated rings. The van der Waals surface area contributed by atoms with Crippen LogP contribution in [0.25, 0.3) is 5.65 Å². The molecule has 7 nitrogen and oxygen atoms in total. The lowest BCUT2D eigenvalue weighted by Gasteiger charge is -2.31. The summed E-state index contributed by atoms with van der Waals surface area (Å²) in [5.74, 6) is 0. The van der Waals surface area contributed by atoms with Crippen LogP contribution in [0, 0.1) is 0 Å². The Bertz CT molecular complexity index is 779. The number of hydrogen-bond acceptors (Lipinski definition) is 6. The van der Waals surface area contributed by atoms with Gasteiger partial charge in [-0.25, -0.2) is 17.9 Å². The first kappa shape index (κ1) is 16.4. The average Bonchev–Trinajstić information content (AvgIpc) is 2.93. The Kier molecular flexibility index (Phi) is 4.65. The van der Waals surface area contributed by atoms with Crippen LogP contribution in [0.3, 0.4) is 0 Å². The molecule has 2 aromatic heterocycles. The zero-order chi connectivity index (χ0) is 16.4. The molecule has 0 N–H and O–H groups in total. The molecular weight excluding hydrogens is 316 g/mol. The number of piperidine rings is 1. The van der Waals surface area contributed by atoms with Gasteiger partial charge in [0.05, 0.1) is 12.3 Å². The van der Waals surface area contributed by atoms with Gasteiger partial charge in [0, 0.05) is 50.5 Å². The molecule has 1 aliphatic rings. The molecule has 0 spiro atoms. The number of fused-ring (bicyclic) bond motifs is 1. The Morgan fingerprint density at radius 2 is 2.04 bits per heavy atom. The lowest BCUT2D eigenvalue weighted by Crippen LogP contribution is -2.36. The van der Waals surface area contributed by atoms with Gasteiger partial charge in [0.15, 0.2) is 15.5 Å². The molecule has 0 atom stereocenters. The van der Waals surface area contributed by atoms with E-state index in [2.05, 4.69) is 15.0 Å². The number of ether oxygens (including phenoxy) is 1. The molecule has 1 saturated heterocycles. The van der Waals surface area contributed by atoms with E-state index in [9.17, 15) is 8.42 Å². The maximum atomic E-state index is 11.7. The van der Waals surface area contributed by atoms with Crippen LogP contribution in [0.2, 0.25) is 0 Å². The van der Waals surface area contributed by atoms with Crippen LogP contribution < -0.4 is 0 Å². The summed E-state index contributed by atoms with van der Waals surface area (Å²) in [7, 11) is -3.31. The van der Waals surface area contributed by atoms with Crippen molar-refractivity contribution in [1.82, 2.24) is 19.5 Å². The summed E-state index contributed by atoms with van der Waals surface area (Å²) in [6.07, 6.45) is 8.58. The predicted molar refractivity (Wildman–Crippen MR) is 86.0 cm³/mol. The Hall–Kier alpha value is -1.51. The number of rotatable bonds is 5. The lowest BCUT2D eigenvalue weighted by molar-refractivity contribution is 0.0125. The summed E-state index contributed by atoms with van der Waals surface area (Å²) < 4.78 is 30.6. The summed E-state index contributed by atoms with van der Waals surface area (Å²) in [4.78, 5) is 6.82. The van der Waals surface area contributed by atoms with Crippen LogP contribution in [-0.2, 0) is 21.1 Å². The highest BCUT2D eigenvalue weighted by atomic mass is 32.2. The van der Waals surface area contributed by atoms with Gasteiger partial charge in [-0.1, -0.05) is 0 Å². The van der Waals surface area contributed by atoms with Crippen LogP contribution >= 0.6 is 0 Å². The average molecular weight is 338 g/mol. The third-order valence-corrected chi connectivity index (χ3v) is 5.21. The van der Waals surface area contributed by atoms with Crippen molar-refractivity contribution in [3.63, 3.8) is 0 Å². The van der Waals surface area contributed by atoms with Gasteiger partial charge < -0.3 is 4.74 Å². The number of aromatic nitrogens is 3. The van der Waals surface area contributed by atoms with Crippen molar-refractivity contribution in [2.75, 3.05) is 26.0 Å². The van der Waals surface area contributed by atoms with Gasteiger partial charge in [0.1, 0.15) is 4.90 Å². The second kappa shape index (κ2) is 6.54. The van der Waals surface area contributed by atoms with Crippen LogP contribution in [0.5, 0.6) is 0 Å². The van der Waals surface area contributed by atoms with Gasteiger partial charge in [0.2, 0.25) is 0 Å². The molecule has 0 aromatic carbocycles. The van der Waals surface area contributed by atoms with Crippen molar-refractivity contribution in [2.45, 2.75) is 37.3 Å². The number of nitrogens with zero attached hydrogens (tertiary/aromatic N) is 4. The second-order valence-electron chi connectivity index (χ2n) is 5.94. The van der Waals surface area contributed by atoms with Gasteiger partial charge in [-0.05, 0) is 19.8 Å². The maximum Gasteiger partial charge on any atom is 0.180 e. The SMILES string of the molecule is CCOC1CCN(Cc2cnc3c(S(C)(=O)=O)cnn3c2)CC1. The fraction of sp³-hybridized carbons (Fsp3) is 0.600. The Labute approximate surface area is 136 Å². The minimum absolute atomic E-state index is 0.168. The van der Waals surface area contributed by atoms with Crippen molar-refractivity contribution in [3.05, 3.63) is 24.2 Å². The zero-order valence-corrected chi connectivity index (χ0v) is 14.3. The highest BCUT2D eigenvalue weighted by Gasteiger charge is 2.20. The van der Waals surface area contributed by atoms with E-state index in [1.807, 2.05) is 13.1 Å². The molecule has 126 valence electrons. The van der Waals surface area contributed by atoms with Crippen molar-refractivity contribution in [1.29, 1.82) is 0 Å². The molecule has 0 amide bonds. The minimum Gasteiger partial charge on any atom is -0.378 e.